The Hall–Kier alpha value is -1.98. The minimum Gasteiger partial charge on any atom is -0.355 e. The van der Waals surface area contributed by atoms with Gasteiger partial charge in [0.1, 0.15) is 6.04 Å². The van der Waals surface area contributed by atoms with Crippen molar-refractivity contribution < 1.29 is 9.59 Å². The molecule has 6 heteroatoms. The van der Waals surface area contributed by atoms with Crippen molar-refractivity contribution in [3.05, 3.63) is 70.2 Å². The van der Waals surface area contributed by atoms with Crippen LogP contribution < -0.4 is 5.32 Å². The average Bonchev–Trinajstić information content (AvgIpc) is 2.67. The van der Waals surface area contributed by atoms with E-state index in [1.807, 2.05) is 62.4 Å². The first kappa shape index (κ1) is 22.3. The van der Waals surface area contributed by atoms with E-state index >= 15 is 0 Å². The largest absolute Gasteiger partial charge is 0.355 e. The molecule has 0 bridgehead atoms. The molecule has 2 rings (SSSR count). The Labute approximate surface area is 176 Å². The third-order valence-electron chi connectivity index (χ3n) is 4.36. The van der Waals surface area contributed by atoms with E-state index in [1.54, 1.807) is 11.8 Å². The second-order valence-corrected chi connectivity index (χ2v) is 8.12. The molecule has 1 atom stereocenters. The number of aryl methyl sites for hydroxylation is 1. The monoisotopic (exact) mass is 418 g/mol. The number of hydrogen-bond donors (Lipinski definition) is 1. The van der Waals surface area contributed by atoms with Gasteiger partial charge in [-0.3, -0.25) is 9.59 Å². The highest BCUT2D eigenvalue weighted by Crippen LogP contribution is 2.18. The van der Waals surface area contributed by atoms with Crippen molar-refractivity contribution in [2.24, 2.45) is 0 Å². The zero-order valence-electron chi connectivity index (χ0n) is 16.6. The lowest BCUT2D eigenvalue weighted by Gasteiger charge is -2.28. The summed E-state index contributed by atoms with van der Waals surface area (Å²) in [6.45, 7) is 6.63. The van der Waals surface area contributed by atoms with Gasteiger partial charge in [0.05, 0.1) is 5.75 Å². The van der Waals surface area contributed by atoms with E-state index < -0.39 is 6.04 Å². The number of nitrogens with one attached hydrogen (secondary N) is 1. The van der Waals surface area contributed by atoms with Gasteiger partial charge in [0, 0.05) is 23.9 Å². The summed E-state index contributed by atoms with van der Waals surface area (Å²) in [5.41, 5.74) is 3.27. The number of carbonyl (C=O) groups is 2. The lowest BCUT2D eigenvalue weighted by molar-refractivity contribution is -0.138. The van der Waals surface area contributed by atoms with Gasteiger partial charge in [0.2, 0.25) is 11.8 Å². The van der Waals surface area contributed by atoms with Gasteiger partial charge in [-0.15, -0.1) is 11.8 Å². The van der Waals surface area contributed by atoms with E-state index in [1.165, 1.54) is 11.8 Å². The molecule has 2 amide bonds. The van der Waals surface area contributed by atoms with Crippen LogP contribution in [-0.2, 0) is 21.9 Å². The first-order valence-electron chi connectivity index (χ1n) is 9.35. The number of nitrogens with zero attached hydrogens (tertiary/aromatic N) is 1. The van der Waals surface area contributed by atoms with Crippen LogP contribution >= 0.6 is 23.4 Å². The van der Waals surface area contributed by atoms with Crippen LogP contribution in [0.15, 0.2) is 48.5 Å². The minimum absolute atomic E-state index is 0.0424. The van der Waals surface area contributed by atoms with Crippen LogP contribution in [0.3, 0.4) is 0 Å². The van der Waals surface area contributed by atoms with Gasteiger partial charge in [-0.05, 0) is 44.0 Å². The van der Waals surface area contributed by atoms with Crippen LogP contribution in [0.4, 0.5) is 0 Å². The van der Waals surface area contributed by atoms with E-state index in [0.717, 1.165) is 22.4 Å². The zero-order valence-corrected chi connectivity index (χ0v) is 18.1. The SMILES string of the molecule is CCNC(=O)[C@@H](C)N(Cc1cccc(C)c1)C(=O)CSCc1ccc(Cl)cc1. The fourth-order valence-corrected chi connectivity index (χ4v) is 3.83. The summed E-state index contributed by atoms with van der Waals surface area (Å²) in [6.07, 6.45) is 0. The first-order chi connectivity index (χ1) is 13.4. The Balaban J connectivity index is 2.04. The highest BCUT2D eigenvalue weighted by atomic mass is 35.5. The van der Waals surface area contributed by atoms with E-state index in [9.17, 15) is 9.59 Å². The van der Waals surface area contributed by atoms with E-state index in [0.29, 0.717) is 23.9 Å². The highest BCUT2D eigenvalue weighted by Gasteiger charge is 2.25. The minimum atomic E-state index is -0.524. The molecule has 0 aliphatic heterocycles. The van der Waals surface area contributed by atoms with Gasteiger partial charge in [0.15, 0.2) is 0 Å². The number of hydrogen-bond acceptors (Lipinski definition) is 3. The summed E-state index contributed by atoms with van der Waals surface area (Å²) >= 11 is 7.45. The van der Waals surface area contributed by atoms with Crippen LogP contribution in [0.5, 0.6) is 0 Å². The number of amides is 2. The molecule has 0 spiro atoms. The number of thioether (sulfide) groups is 1. The van der Waals surface area contributed by atoms with Crippen molar-refractivity contribution in [1.82, 2.24) is 10.2 Å². The van der Waals surface area contributed by atoms with Crippen LogP contribution in [0.1, 0.15) is 30.5 Å². The van der Waals surface area contributed by atoms with Crippen LogP contribution in [0.25, 0.3) is 0 Å². The van der Waals surface area contributed by atoms with Crippen molar-refractivity contribution in [3.8, 4) is 0 Å². The van der Waals surface area contributed by atoms with Gasteiger partial charge < -0.3 is 10.2 Å². The molecule has 0 aliphatic carbocycles. The van der Waals surface area contributed by atoms with Gasteiger partial charge in [-0.2, -0.15) is 0 Å². The fourth-order valence-electron chi connectivity index (χ4n) is 2.83. The summed E-state index contributed by atoms with van der Waals surface area (Å²) < 4.78 is 0. The molecule has 1 N–H and O–H groups in total. The van der Waals surface area contributed by atoms with E-state index in [4.69, 9.17) is 11.6 Å². The third-order valence-corrected chi connectivity index (χ3v) is 5.60. The fraction of sp³-hybridized carbons (Fsp3) is 0.364. The molecule has 2 aromatic carbocycles. The molecule has 0 aromatic heterocycles. The van der Waals surface area contributed by atoms with Gasteiger partial charge in [-0.1, -0.05) is 53.6 Å². The molecule has 0 aliphatic rings. The Morgan fingerprint density at radius 2 is 1.86 bits per heavy atom. The second kappa shape index (κ2) is 11.1. The molecule has 28 heavy (non-hydrogen) atoms. The Morgan fingerprint density at radius 3 is 2.50 bits per heavy atom. The Morgan fingerprint density at radius 1 is 1.14 bits per heavy atom. The molecule has 0 unspecified atom stereocenters. The molecule has 150 valence electrons. The molecule has 4 nitrogen and oxygen atoms in total. The third kappa shape index (κ3) is 6.88. The quantitative estimate of drug-likeness (QED) is 0.655. The molecule has 0 fully saturated rings. The standard InChI is InChI=1S/C22H27ClN2O2S/c1-4-24-22(27)17(3)25(13-19-7-5-6-16(2)12-19)21(26)15-28-14-18-8-10-20(23)11-9-18/h5-12,17H,4,13-15H2,1-3H3,(H,24,27)/t17-/m1/s1. The summed E-state index contributed by atoms with van der Waals surface area (Å²) in [4.78, 5) is 26.9. The lowest BCUT2D eigenvalue weighted by Crippen LogP contribution is -2.48. The van der Waals surface area contributed by atoms with Crippen LogP contribution in [-0.4, -0.2) is 35.1 Å². The summed E-state index contributed by atoms with van der Waals surface area (Å²) in [5, 5.41) is 3.51. The predicted octanol–water partition coefficient (Wildman–Crippen LogP) is 4.44. The molecule has 0 saturated carbocycles. The maximum absolute atomic E-state index is 12.9. The summed E-state index contributed by atoms with van der Waals surface area (Å²) in [5.74, 6) is 0.861. The molecule has 0 radical (unpaired) electrons. The number of benzene rings is 2. The van der Waals surface area contributed by atoms with Gasteiger partial charge >= 0.3 is 0 Å². The van der Waals surface area contributed by atoms with Crippen LogP contribution in [0, 0.1) is 6.92 Å². The van der Waals surface area contributed by atoms with Crippen molar-refractivity contribution >= 4 is 35.2 Å². The van der Waals surface area contributed by atoms with Gasteiger partial charge in [-0.25, -0.2) is 0 Å². The molecule has 0 heterocycles. The highest BCUT2D eigenvalue weighted by molar-refractivity contribution is 7.99. The Bertz CT molecular complexity index is 795. The summed E-state index contributed by atoms with van der Waals surface area (Å²) in [6, 6.07) is 15.1. The Kier molecular flexibility index (Phi) is 8.87. The zero-order chi connectivity index (χ0) is 20.5. The molecular weight excluding hydrogens is 392 g/mol. The normalized spacial score (nSPS) is 11.7. The second-order valence-electron chi connectivity index (χ2n) is 6.70. The first-order valence-corrected chi connectivity index (χ1v) is 10.9. The predicted molar refractivity (Wildman–Crippen MR) is 117 cm³/mol. The summed E-state index contributed by atoms with van der Waals surface area (Å²) in [7, 11) is 0. The number of carbonyl (C=O) groups excluding carboxylic acids is 2. The van der Waals surface area contributed by atoms with Gasteiger partial charge in [0.25, 0.3) is 0 Å². The number of likely N-dealkylation sites (N-methyl/N-ethyl adjacent to an activating group) is 1. The van der Waals surface area contributed by atoms with Crippen molar-refractivity contribution in [1.29, 1.82) is 0 Å². The van der Waals surface area contributed by atoms with Crippen molar-refractivity contribution in [3.63, 3.8) is 0 Å². The number of halogens is 1. The lowest BCUT2D eigenvalue weighted by atomic mass is 10.1. The van der Waals surface area contributed by atoms with Crippen LogP contribution in [0.2, 0.25) is 5.02 Å². The molecule has 2 aromatic rings. The number of rotatable bonds is 9. The topological polar surface area (TPSA) is 49.4 Å². The molecule has 0 saturated heterocycles. The van der Waals surface area contributed by atoms with Crippen molar-refractivity contribution in [2.75, 3.05) is 12.3 Å². The average molecular weight is 419 g/mol. The van der Waals surface area contributed by atoms with E-state index in [2.05, 4.69) is 5.32 Å². The smallest absolute Gasteiger partial charge is 0.242 e. The van der Waals surface area contributed by atoms with Crippen molar-refractivity contribution in [2.45, 2.75) is 39.1 Å². The maximum Gasteiger partial charge on any atom is 0.242 e. The maximum atomic E-state index is 12.9. The van der Waals surface area contributed by atoms with E-state index in [-0.39, 0.29) is 11.8 Å². The molecular formula is C22H27ClN2O2S.